The second-order valence-electron chi connectivity index (χ2n) is 9.53. The molecular weight excluding hydrogens is 508 g/mol. The van der Waals surface area contributed by atoms with Crippen molar-refractivity contribution in [3.63, 3.8) is 0 Å². The Bertz CT molecular complexity index is 2130. The summed E-state index contributed by atoms with van der Waals surface area (Å²) in [4.78, 5) is 33.2. The van der Waals surface area contributed by atoms with E-state index in [2.05, 4.69) is 37.6 Å². The number of aromatic nitrogens is 8. The quantitative estimate of drug-likeness (QED) is 0.251. The lowest BCUT2D eigenvalue weighted by molar-refractivity contribution is 1.05. The molecule has 8 heteroatoms. The number of nitrogens with zero attached hydrogens (tertiary/aromatic N) is 8. The van der Waals surface area contributed by atoms with Crippen LogP contribution < -0.4 is 0 Å². The number of benzene rings is 2. The van der Waals surface area contributed by atoms with Crippen molar-refractivity contribution in [2.75, 3.05) is 0 Å². The smallest absolute Gasteiger partial charge is 0.182 e. The molecule has 8 nitrogen and oxygen atoms in total. The van der Waals surface area contributed by atoms with E-state index in [1.807, 2.05) is 91.1 Å². The van der Waals surface area contributed by atoms with Crippen LogP contribution in [0.25, 0.3) is 73.3 Å². The fourth-order valence-corrected chi connectivity index (χ4v) is 5.06. The van der Waals surface area contributed by atoms with Crippen molar-refractivity contribution in [2.24, 2.45) is 0 Å². The summed E-state index contributed by atoms with van der Waals surface area (Å²) in [6, 6.07) is 33.6. The first-order valence-electron chi connectivity index (χ1n) is 13.2. The van der Waals surface area contributed by atoms with Crippen LogP contribution >= 0.6 is 0 Å². The third kappa shape index (κ3) is 3.97. The van der Waals surface area contributed by atoms with Gasteiger partial charge in [0.05, 0.1) is 16.7 Å². The van der Waals surface area contributed by atoms with E-state index < -0.39 is 0 Å². The van der Waals surface area contributed by atoms with Gasteiger partial charge in [-0.2, -0.15) is 0 Å². The van der Waals surface area contributed by atoms with Crippen LogP contribution in [-0.4, -0.2) is 39.3 Å². The lowest BCUT2D eigenvalue weighted by Crippen LogP contribution is -2.01. The molecule has 2 aromatic carbocycles. The molecule has 0 amide bonds. The highest BCUT2D eigenvalue weighted by Gasteiger charge is 2.17. The minimum atomic E-state index is 0.490. The van der Waals surface area contributed by atoms with E-state index in [1.54, 1.807) is 12.4 Å². The summed E-state index contributed by atoms with van der Waals surface area (Å²) >= 11 is 0. The molecule has 0 aliphatic rings. The molecule has 0 aliphatic heterocycles. The van der Waals surface area contributed by atoms with Crippen molar-refractivity contribution >= 4 is 27.6 Å². The highest BCUT2D eigenvalue weighted by molar-refractivity contribution is 6.09. The van der Waals surface area contributed by atoms with Gasteiger partial charge in [0.1, 0.15) is 22.6 Å². The molecule has 0 radical (unpaired) electrons. The highest BCUT2D eigenvalue weighted by Crippen LogP contribution is 2.34. The summed E-state index contributed by atoms with van der Waals surface area (Å²) in [6.07, 6.45) is 5.49. The maximum absolute atomic E-state index is 5.09. The molecule has 0 unspecified atom stereocenters. The van der Waals surface area contributed by atoms with Crippen molar-refractivity contribution in [3.05, 3.63) is 122 Å². The van der Waals surface area contributed by atoms with E-state index in [1.165, 1.54) is 0 Å². The number of para-hydroxylation sites is 1. The Balaban J connectivity index is 1.29. The molecule has 6 aromatic heterocycles. The van der Waals surface area contributed by atoms with Gasteiger partial charge < -0.3 is 0 Å². The maximum Gasteiger partial charge on any atom is 0.182 e. The van der Waals surface area contributed by atoms with Gasteiger partial charge in [0.15, 0.2) is 17.5 Å². The van der Waals surface area contributed by atoms with Crippen molar-refractivity contribution in [1.82, 2.24) is 39.3 Å². The van der Waals surface area contributed by atoms with Crippen LogP contribution in [0.3, 0.4) is 0 Å². The van der Waals surface area contributed by atoms with Crippen molar-refractivity contribution in [1.29, 1.82) is 0 Å². The third-order valence-corrected chi connectivity index (χ3v) is 6.99. The summed E-state index contributed by atoms with van der Waals surface area (Å²) in [5.74, 6) is 1.52. The zero-order valence-electron chi connectivity index (χ0n) is 21.6. The van der Waals surface area contributed by atoms with E-state index in [0.29, 0.717) is 28.9 Å². The second-order valence-corrected chi connectivity index (χ2v) is 9.53. The van der Waals surface area contributed by atoms with Crippen LogP contribution in [-0.2, 0) is 0 Å². The standard InChI is InChI=1S/C33H20N8/c1-2-10-24-23(9-1)29-30(41-20-8-5-13-27(41)37-29)28(36-24)21-14-16-22(17-15-21)31-38-32(25-11-3-6-18-34-25)40-33(39-31)26-12-4-7-19-35-26/h1-20H. The predicted molar refractivity (Wildman–Crippen MR) is 159 cm³/mol. The Kier molecular flexibility index (Phi) is 5.28. The summed E-state index contributed by atoms with van der Waals surface area (Å²) in [5, 5.41) is 1.03. The predicted octanol–water partition coefficient (Wildman–Crippen LogP) is 6.68. The van der Waals surface area contributed by atoms with Crippen molar-refractivity contribution < 1.29 is 0 Å². The summed E-state index contributed by atoms with van der Waals surface area (Å²) in [7, 11) is 0. The molecule has 0 saturated heterocycles. The Hall–Kier alpha value is -5.89. The van der Waals surface area contributed by atoms with Gasteiger partial charge in [-0.05, 0) is 42.5 Å². The molecule has 0 aliphatic carbocycles. The monoisotopic (exact) mass is 528 g/mol. The van der Waals surface area contributed by atoms with E-state index in [-0.39, 0.29) is 0 Å². The van der Waals surface area contributed by atoms with E-state index in [9.17, 15) is 0 Å². The molecule has 8 rings (SSSR count). The average molecular weight is 529 g/mol. The molecule has 0 spiro atoms. The highest BCUT2D eigenvalue weighted by atomic mass is 15.1. The topological polar surface area (TPSA) is 94.6 Å². The number of pyridine rings is 4. The fourth-order valence-electron chi connectivity index (χ4n) is 5.06. The van der Waals surface area contributed by atoms with E-state index in [4.69, 9.17) is 19.9 Å². The minimum absolute atomic E-state index is 0.490. The van der Waals surface area contributed by atoms with E-state index in [0.717, 1.165) is 44.4 Å². The van der Waals surface area contributed by atoms with E-state index >= 15 is 0 Å². The molecule has 0 bridgehead atoms. The Labute approximate surface area is 234 Å². The van der Waals surface area contributed by atoms with Gasteiger partial charge in [0.25, 0.3) is 0 Å². The van der Waals surface area contributed by atoms with Gasteiger partial charge in [-0.3, -0.25) is 14.4 Å². The second kappa shape index (κ2) is 9.39. The first-order valence-corrected chi connectivity index (χ1v) is 13.2. The number of rotatable bonds is 4. The molecule has 0 N–H and O–H groups in total. The first-order chi connectivity index (χ1) is 20.3. The fraction of sp³-hybridized carbons (Fsp3) is 0. The summed E-state index contributed by atoms with van der Waals surface area (Å²) in [5.41, 5.74) is 7.71. The SMILES string of the molecule is c1ccc(-c2nc(-c3ccc(-c4nc5ccccc5c5nc6ccccn6c45)cc3)nc(-c3ccccn3)n2)nc1. The maximum atomic E-state index is 5.09. The molecule has 6 heterocycles. The molecule has 0 atom stereocenters. The normalized spacial score (nSPS) is 11.4. The van der Waals surface area contributed by atoms with Gasteiger partial charge >= 0.3 is 0 Å². The van der Waals surface area contributed by atoms with Crippen LogP contribution in [0, 0.1) is 0 Å². The Morgan fingerprint density at radius 2 is 1.12 bits per heavy atom. The van der Waals surface area contributed by atoms with Crippen LogP contribution in [0.2, 0.25) is 0 Å². The molecule has 41 heavy (non-hydrogen) atoms. The first kappa shape index (κ1) is 23.0. The minimum Gasteiger partial charge on any atom is -0.298 e. The largest absolute Gasteiger partial charge is 0.298 e. The zero-order chi connectivity index (χ0) is 27.2. The van der Waals surface area contributed by atoms with Crippen LogP contribution in [0.4, 0.5) is 0 Å². The van der Waals surface area contributed by atoms with Crippen LogP contribution in [0.1, 0.15) is 0 Å². The number of imidazole rings is 1. The number of fused-ring (bicyclic) bond motifs is 5. The molecular formula is C33H20N8. The summed E-state index contributed by atoms with van der Waals surface area (Å²) in [6.45, 7) is 0. The third-order valence-electron chi connectivity index (χ3n) is 6.99. The number of hydrogen-bond acceptors (Lipinski definition) is 7. The van der Waals surface area contributed by atoms with Crippen LogP contribution in [0.5, 0.6) is 0 Å². The lowest BCUT2D eigenvalue weighted by Gasteiger charge is -2.09. The molecule has 8 aromatic rings. The van der Waals surface area contributed by atoms with Crippen molar-refractivity contribution in [3.8, 4) is 45.7 Å². The summed E-state index contributed by atoms with van der Waals surface area (Å²) < 4.78 is 2.10. The molecule has 192 valence electrons. The van der Waals surface area contributed by atoms with Gasteiger partial charge in [-0.15, -0.1) is 0 Å². The van der Waals surface area contributed by atoms with Crippen LogP contribution in [0.15, 0.2) is 122 Å². The Morgan fingerprint density at radius 1 is 0.488 bits per heavy atom. The lowest BCUT2D eigenvalue weighted by atomic mass is 10.0. The Morgan fingerprint density at radius 3 is 1.83 bits per heavy atom. The zero-order valence-corrected chi connectivity index (χ0v) is 21.6. The van der Waals surface area contributed by atoms with Gasteiger partial charge in [-0.25, -0.2) is 24.9 Å². The van der Waals surface area contributed by atoms with Gasteiger partial charge in [0.2, 0.25) is 0 Å². The van der Waals surface area contributed by atoms with Gasteiger partial charge in [-0.1, -0.05) is 60.7 Å². The molecule has 0 saturated carbocycles. The van der Waals surface area contributed by atoms with Gasteiger partial charge in [0, 0.05) is 35.1 Å². The average Bonchev–Trinajstić information content (AvgIpc) is 3.45. The van der Waals surface area contributed by atoms with Crippen molar-refractivity contribution in [2.45, 2.75) is 0 Å². The molecule has 0 fully saturated rings. The number of hydrogen-bond donors (Lipinski definition) is 0.